The van der Waals surface area contributed by atoms with Gasteiger partial charge in [0.15, 0.2) is 11.5 Å². The first kappa shape index (κ1) is 22.9. The lowest BCUT2D eigenvalue weighted by atomic mass is 10.1. The van der Waals surface area contributed by atoms with Gasteiger partial charge < -0.3 is 18.9 Å². The summed E-state index contributed by atoms with van der Waals surface area (Å²) in [5.41, 5.74) is 2.81. The number of ether oxygens (including phenoxy) is 4. The van der Waals surface area contributed by atoms with Gasteiger partial charge in [-0.25, -0.2) is 4.79 Å². The number of hydrogen-bond acceptors (Lipinski definition) is 7. The SMILES string of the molecule is CCOC(=O)c1cccc(CN2CCN(Cc3ccc(OC)c(OC)c3OC)CC2)c1. The molecule has 1 saturated heterocycles. The molecule has 1 fully saturated rings. The van der Waals surface area contributed by atoms with E-state index in [1.807, 2.05) is 31.2 Å². The predicted molar refractivity (Wildman–Crippen MR) is 119 cm³/mol. The molecule has 0 spiro atoms. The normalized spacial score (nSPS) is 14.8. The maximum Gasteiger partial charge on any atom is 0.338 e. The van der Waals surface area contributed by atoms with E-state index in [1.54, 1.807) is 27.4 Å². The van der Waals surface area contributed by atoms with Crippen molar-refractivity contribution in [3.63, 3.8) is 0 Å². The van der Waals surface area contributed by atoms with Gasteiger partial charge in [0.1, 0.15) is 0 Å². The van der Waals surface area contributed by atoms with E-state index in [2.05, 4.69) is 15.9 Å². The van der Waals surface area contributed by atoms with Crippen LogP contribution in [-0.2, 0) is 17.8 Å². The lowest BCUT2D eigenvalue weighted by molar-refractivity contribution is 0.0526. The Morgan fingerprint density at radius 1 is 0.871 bits per heavy atom. The average Bonchev–Trinajstić information content (AvgIpc) is 2.80. The van der Waals surface area contributed by atoms with E-state index in [9.17, 15) is 4.79 Å². The van der Waals surface area contributed by atoms with Gasteiger partial charge in [-0.2, -0.15) is 0 Å². The van der Waals surface area contributed by atoms with Gasteiger partial charge in [0.2, 0.25) is 5.75 Å². The van der Waals surface area contributed by atoms with Gasteiger partial charge in [-0.3, -0.25) is 9.80 Å². The second-order valence-electron chi connectivity index (χ2n) is 7.47. The molecule has 0 atom stereocenters. The molecule has 0 aliphatic carbocycles. The minimum atomic E-state index is -0.266. The zero-order valence-electron chi connectivity index (χ0n) is 18.8. The molecule has 1 aliphatic heterocycles. The van der Waals surface area contributed by atoms with Crippen molar-refractivity contribution in [2.45, 2.75) is 20.0 Å². The number of esters is 1. The molecular weight excluding hydrogens is 396 g/mol. The Hall–Kier alpha value is -2.77. The van der Waals surface area contributed by atoms with Gasteiger partial charge in [-0.1, -0.05) is 18.2 Å². The van der Waals surface area contributed by atoms with Crippen LogP contribution in [0.1, 0.15) is 28.4 Å². The highest BCUT2D eigenvalue weighted by Gasteiger charge is 2.21. The van der Waals surface area contributed by atoms with Crippen LogP contribution in [0.5, 0.6) is 17.2 Å². The van der Waals surface area contributed by atoms with Crippen molar-refractivity contribution >= 4 is 5.97 Å². The second-order valence-corrected chi connectivity index (χ2v) is 7.47. The number of benzene rings is 2. The number of hydrogen-bond donors (Lipinski definition) is 0. The van der Waals surface area contributed by atoms with Crippen LogP contribution in [0.25, 0.3) is 0 Å². The zero-order chi connectivity index (χ0) is 22.2. The van der Waals surface area contributed by atoms with Gasteiger partial charge in [0.05, 0.1) is 33.5 Å². The maximum atomic E-state index is 12.0. The molecule has 0 bridgehead atoms. The van der Waals surface area contributed by atoms with E-state index in [0.29, 0.717) is 23.7 Å². The number of carbonyl (C=O) groups is 1. The lowest BCUT2D eigenvalue weighted by Gasteiger charge is -2.35. The van der Waals surface area contributed by atoms with E-state index in [1.165, 1.54) is 0 Å². The Kier molecular flexibility index (Phi) is 8.14. The minimum Gasteiger partial charge on any atom is -0.493 e. The number of rotatable bonds is 9. The van der Waals surface area contributed by atoms with Gasteiger partial charge in [-0.15, -0.1) is 0 Å². The van der Waals surface area contributed by atoms with E-state index in [4.69, 9.17) is 18.9 Å². The van der Waals surface area contributed by atoms with Crippen molar-refractivity contribution in [1.82, 2.24) is 9.80 Å². The van der Waals surface area contributed by atoms with Crippen LogP contribution in [0, 0.1) is 0 Å². The first-order chi connectivity index (χ1) is 15.1. The molecule has 0 unspecified atom stereocenters. The van der Waals surface area contributed by atoms with Crippen molar-refractivity contribution in [2.24, 2.45) is 0 Å². The summed E-state index contributed by atoms with van der Waals surface area (Å²) in [4.78, 5) is 16.8. The average molecular weight is 429 g/mol. The highest BCUT2D eigenvalue weighted by Crippen LogP contribution is 2.40. The van der Waals surface area contributed by atoms with E-state index in [-0.39, 0.29) is 5.97 Å². The van der Waals surface area contributed by atoms with Crippen molar-refractivity contribution in [1.29, 1.82) is 0 Å². The van der Waals surface area contributed by atoms with Crippen LogP contribution in [0.2, 0.25) is 0 Å². The summed E-state index contributed by atoms with van der Waals surface area (Å²) >= 11 is 0. The number of methoxy groups -OCH3 is 3. The van der Waals surface area contributed by atoms with Crippen molar-refractivity contribution < 1.29 is 23.7 Å². The fourth-order valence-corrected chi connectivity index (χ4v) is 3.90. The number of nitrogens with zero attached hydrogens (tertiary/aromatic N) is 2. The summed E-state index contributed by atoms with van der Waals surface area (Å²) in [7, 11) is 4.90. The number of carbonyl (C=O) groups excluding carboxylic acids is 1. The van der Waals surface area contributed by atoms with Gasteiger partial charge in [0.25, 0.3) is 0 Å². The minimum absolute atomic E-state index is 0.266. The fraction of sp³-hybridized carbons (Fsp3) is 0.458. The Balaban J connectivity index is 1.58. The summed E-state index contributed by atoms with van der Waals surface area (Å²) in [5, 5.41) is 0. The molecule has 7 nitrogen and oxygen atoms in total. The Labute approximate surface area is 184 Å². The van der Waals surface area contributed by atoms with Crippen molar-refractivity contribution in [2.75, 3.05) is 54.1 Å². The van der Waals surface area contributed by atoms with Gasteiger partial charge in [-0.05, 0) is 30.7 Å². The molecular formula is C24H32N2O5. The Bertz CT molecular complexity index is 878. The standard InChI is InChI=1S/C24H32N2O5/c1-5-31-24(27)19-8-6-7-18(15-19)16-25-11-13-26(14-12-25)17-20-9-10-21(28-2)23(30-4)22(20)29-3/h6-10,15H,5,11-14,16-17H2,1-4H3. The van der Waals surface area contributed by atoms with Crippen molar-refractivity contribution in [3.8, 4) is 17.2 Å². The van der Waals surface area contributed by atoms with Crippen LogP contribution in [0.15, 0.2) is 36.4 Å². The Morgan fingerprint density at radius 2 is 1.55 bits per heavy atom. The van der Waals surface area contributed by atoms with Crippen LogP contribution in [0.4, 0.5) is 0 Å². The maximum absolute atomic E-state index is 12.0. The summed E-state index contributed by atoms with van der Waals surface area (Å²) in [5.74, 6) is 1.75. The van der Waals surface area contributed by atoms with E-state index < -0.39 is 0 Å². The fourth-order valence-electron chi connectivity index (χ4n) is 3.90. The first-order valence-electron chi connectivity index (χ1n) is 10.6. The largest absolute Gasteiger partial charge is 0.493 e. The van der Waals surface area contributed by atoms with Crippen LogP contribution >= 0.6 is 0 Å². The third kappa shape index (κ3) is 5.68. The second kappa shape index (κ2) is 11.0. The molecule has 7 heteroatoms. The molecule has 0 saturated carbocycles. The highest BCUT2D eigenvalue weighted by atomic mass is 16.5. The molecule has 0 aromatic heterocycles. The third-order valence-corrected chi connectivity index (χ3v) is 5.49. The van der Waals surface area contributed by atoms with Gasteiger partial charge in [0, 0.05) is 44.8 Å². The topological polar surface area (TPSA) is 60.5 Å². The van der Waals surface area contributed by atoms with E-state index in [0.717, 1.165) is 56.1 Å². The molecule has 1 heterocycles. The summed E-state index contributed by atoms with van der Waals surface area (Å²) in [6, 6.07) is 11.7. The lowest BCUT2D eigenvalue weighted by Crippen LogP contribution is -2.45. The molecule has 3 rings (SSSR count). The van der Waals surface area contributed by atoms with Crippen LogP contribution in [-0.4, -0.2) is 69.9 Å². The molecule has 168 valence electrons. The van der Waals surface area contributed by atoms with Crippen LogP contribution in [0.3, 0.4) is 0 Å². The third-order valence-electron chi connectivity index (χ3n) is 5.49. The molecule has 0 amide bonds. The summed E-state index contributed by atoms with van der Waals surface area (Å²) < 4.78 is 21.6. The molecule has 0 N–H and O–H groups in total. The quantitative estimate of drug-likeness (QED) is 0.569. The molecule has 2 aromatic rings. The smallest absolute Gasteiger partial charge is 0.338 e. The highest BCUT2D eigenvalue weighted by molar-refractivity contribution is 5.89. The first-order valence-corrected chi connectivity index (χ1v) is 10.6. The number of piperazine rings is 1. The molecule has 1 aliphatic rings. The summed E-state index contributed by atoms with van der Waals surface area (Å²) in [6.07, 6.45) is 0. The molecule has 0 radical (unpaired) electrons. The van der Waals surface area contributed by atoms with Gasteiger partial charge >= 0.3 is 5.97 Å². The molecule has 31 heavy (non-hydrogen) atoms. The van der Waals surface area contributed by atoms with E-state index >= 15 is 0 Å². The zero-order valence-corrected chi connectivity index (χ0v) is 18.8. The Morgan fingerprint density at radius 3 is 2.16 bits per heavy atom. The van der Waals surface area contributed by atoms with Crippen molar-refractivity contribution in [3.05, 3.63) is 53.1 Å². The predicted octanol–water partition coefficient (Wildman–Crippen LogP) is 3.21. The summed E-state index contributed by atoms with van der Waals surface area (Å²) in [6.45, 7) is 7.63. The monoisotopic (exact) mass is 428 g/mol. The van der Waals surface area contributed by atoms with Crippen LogP contribution < -0.4 is 14.2 Å². The molecule has 2 aromatic carbocycles.